The topological polar surface area (TPSA) is 78.4 Å². The lowest BCUT2D eigenvalue weighted by Gasteiger charge is -2.35. The standard InChI is InChI=1S/C15H28N2O3/c1-4-7-13(14(18)19)17-15(20)16-12-9-6-5-8-11(12)10(2)3/h10-13H,4-9H2,1-3H3,(H,18,19)(H2,16,17,20). The van der Waals surface area contributed by atoms with Gasteiger partial charge in [0.15, 0.2) is 0 Å². The average molecular weight is 284 g/mol. The van der Waals surface area contributed by atoms with Crippen molar-refractivity contribution in [1.82, 2.24) is 10.6 Å². The molecule has 5 heteroatoms. The molecule has 5 nitrogen and oxygen atoms in total. The summed E-state index contributed by atoms with van der Waals surface area (Å²) < 4.78 is 0. The van der Waals surface area contributed by atoms with E-state index in [4.69, 9.17) is 5.11 Å². The Hall–Kier alpha value is -1.26. The summed E-state index contributed by atoms with van der Waals surface area (Å²) in [6, 6.07) is -0.968. The van der Waals surface area contributed by atoms with E-state index in [0.29, 0.717) is 18.3 Å². The maximum absolute atomic E-state index is 12.0. The van der Waals surface area contributed by atoms with Gasteiger partial charge in [-0.1, -0.05) is 40.0 Å². The smallest absolute Gasteiger partial charge is 0.326 e. The molecule has 3 atom stereocenters. The van der Waals surface area contributed by atoms with Crippen LogP contribution in [0.4, 0.5) is 4.79 Å². The van der Waals surface area contributed by atoms with Gasteiger partial charge < -0.3 is 15.7 Å². The molecular formula is C15H28N2O3. The zero-order valence-electron chi connectivity index (χ0n) is 12.8. The van der Waals surface area contributed by atoms with Crippen LogP contribution >= 0.6 is 0 Å². The van der Waals surface area contributed by atoms with Gasteiger partial charge in [0.25, 0.3) is 0 Å². The molecule has 0 aromatic carbocycles. The minimum atomic E-state index is -0.967. The highest BCUT2D eigenvalue weighted by Crippen LogP contribution is 2.30. The zero-order valence-corrected chi connectivity index (χ0v) is 12.8. The molecule has 20 heavy (non-hydrogen) atoms. The molecule has 1 fully saturated rings. The van der Waals surface area contributed by atoms with E-state index in [1.165, 1.54) is 6.42 Å². The van der Waals surface area contributed by atoms with E-state index in [0.717, 1.165) is 25.7 Å². The van der Waals surface area contributed by atoms with Crippen LogP contribution in [0, 0.1) is 11.8 Å². The lowest BCUT2D eigenvalue weighted by Crippen LogP contribution is -2.52. The first kappa shape index (κ1) is 16.8. The number of hydrogen-bond donors (Lipinski definition) is 3. The largest absolute Gasteiger partial charge is 0.480 e. The number of nitrogens with one attached hydrogen (secondary N) is 2. The van der Waals surface area contributed by atoms with Crippen molar-refractivity contribution in [3.05, 3.63) is 0 Å². The molecule has 1 aliphatic carbocycles. The predicted molar refractivity (Wildman–Crippen MR) is 78.6 cm³/mol. The summed E-state index contributed by atoms with van der Waals surface area (Å²) in [5.41, 5.74) is 0. The SMILES string of the molecule is CCCC(NC(=O)NC1CCCCC1C(C)C)C(=O)O. The van der Waals surface area contributed by atoms with Gasteiger partial charge in [0.2, 0.25) is 0 Å². The number of urea groups is 1. The first-order valence-corrected chi connectivity index (χ1v) is 7.75. The summed E-state index contributed by atoms with van der Waals surface area (Å²) >= 11 is 0. The predicted octanol–water partition coefficient (Wildman–Crippen LogP) is 2.75. The molecule has 0 saturated heterocycles. The van der Waals surface area contributed by atoms with E-state index in [1.807, 2.05) is 6.92 Å². The molecule has 0 radical (unpaired) electrons. The summed E-state index contributed by atoms with van der Waals surface area (Å²) in [6.45, 7) is 6.27. The van der Waals surface area contributed by atoms with Gasteiger partial charge in [0.1, 0.15) is 6.04 Å². The van der Waals surface area contributed by atoms with Gasteiger partial charge in [-0.15, -0.1) is 0 Å². The Morgan fingerprint density at radius 2 is 1.90 bits per heavy atom. The zero-order chi connectivity index (χ0) is 15.1. The Balaban J connectivity index is 2.52. The molecule has 1 saturated carbocycles. The third kappa shape index (κ3) is 5.02. The van der Waals surface area contributed by atoms with E-state index < -0.39 is 12.0 Å². The lowest BCUT2D eigenvalue weighted by molar-refractivity contribution is -0.139. The Morgan fingerprint density at radius 3 is 2.45 bits per heavy atom. The number of amides is 2. The number of hydrogen-bond acceptors (Lipinski definition) is 2. The van der Waals surface area contributed by atoms with Gasteiger partial charge in [-0.3, -0.25) is 0 Å². The first-order chi connectivity index (χ1) is 9.45. The van der Waals surface area contributed by atoms with Crippen LogP contribution in [0.5, 0.6) is 0 Å². The third-order valence-electron chi connectivity index (χ3n) is 4.17. The van der Waals surface area contributed by atoms with E-state index in [-0.39, 0.29) is 12.1 Å². The van der Waals surface area contributed by atoms with Crippen LogP contribution in [-0.2, 0) is 4.79 Å². The van der Waals surface area contributed by atoms with Crippen molar-refractivity contribution in [3.63, 3.8) is 0 Å². The van der Waals surface area contributed by atoms with Crippen molar-refractivity contribution in [2.24, 2.45) is 11.8 Å². The van der Waals surface area contributed by atoms with E-state index in [1.54, 1.807) is 0 Å². The average Bonchev–Trinajstić information content (AvgIpc) is 2.38. The molecule has 0 aliphatic heterocycles. The summed E-state index contributed by atoms with van der Waals surface area (Å²) in [7, 11) is 0. The monoisotopic (exact) mass is 284 g/mol. The second-order valence-corrected chi connectivity index (χ2v) is 6.10. The van der Waals surface area contributed by atoms with Crippen LogP contribution in [0.15, 0.2) is 0 Å². The first-order valence-electron chi connectivity index (χ1n) is 7.75. The normalized spacial score (nSPS) is 24.2. The molecule has 2 amide bonds. The fraction of sp³-hybridized carbons (Fsp3) is 0.867. The highest BCUT2D eigenvalue weighted by Gasteiger charge is 2.29. The maximum Gasteiger partial charge on any atom is 0.326 e. The van der Waals surface area contributed by atoms with Gasteiger partial charge in [0, 0.05) is 6.04 Å². The summed E-state index contributed by atoms with van der Waals surface area (Å²) in [6.07, 6.45) is 5.67. The molecule has 3 N–H and O–H groups in total. The number of carboxylic acids is 1. The van der Waals surface area contributed by atoms with Crippen LogP contribution in [0.1, 0.15) is 59.3 Å². The minimum Gasteiger partial charge on any atom is -0.480 e. The van der Waals surface area contributed by atoms with Crippen LogP contribution < -0.4 is 10.6 Å². The fourth-order valence-electron chi connectivity index (χ4n) is 3.05. The second kappa shape index (κ2) is 8.12. The number of aliphatic carboxylic acids is 1. The van der Waals surface area contributed by atoms with Crippen molar-refractivity contribution in [2.45, 2.75) is 71.4 Å². The second-order valence-electron chi connectivity index (χ2n) is 6.10. The summed E-state index contributed by atoms with van der Waals surface area (Å²) in [4.78, 5) is 23.0. The van der Waals surface area contributed by atoms with Crippen LogP contribution in [0.3, 0.4) is 0 Å². The van der Waals surface area contributed by atoms with Crippen molar-refractivity contribution < 1.29 is 14.7 Å². The van der Waals surface area contributed by atoms with Gasteiger partial charge in [0.05, 0.1) is 0 Å². The molecule has 1 rings (SSSR count). The Labute approximate surface area is 121 Å². The molecule has 0 aromatic heterocycles. The summed E-state index contributed by atoms with van der Waals surface area (Å²) in [5, 5.41) is 14.6. The van der Waals surface area contributed by atoms with Gasteiger partial charge in [-0.25, -0.2) is 9.59 Å². The highest BCUT2D eigenvalue weighted by molar-refractivity contribution is 5.82. The van der Waals surface area contributed by atoms with Crippen LogP contribution in [-0.4, -0.2) is 29.2 Å². The van der Waals surface area contributed by atoms with E-state index >= 15 is 0 Å². The number of rotatable bonds is 6. The molecule has 1 aliphatic rings. The van der Waals surface area contributed by atoms with E-state index in [9.17, 15) is 9.59 Å². The minimum absolute atomic E-state index is 0.167. The number of carbonyl (C=O) groups is 2. The maximum atomic E-state index is 12.0. The molecule has 0 heterocycles. The highest BCUT2D eigenvalue weighted by atomic mass is 16.4. The van der Waals surface area contributed by atoms with E-state index in [2.05, 4.69) is 24.5 Å². The quantitative estimate of drug-likeness (QED) is 0.701. The summed E-state index contributed by atoms with van der Waals surface area (Å²) in [5.74, 6) is 0.0570. The molecular weight excluding hydrogens is 256 g/mol. The van der Waals surface area contributed by atoms with Gasteiger partial charge >= 0.3 is 12.0 Å². The van der Waals surface area contributed by atoms with Crippen molar-refractivity contribution in [1.29, 1.82) is 0 Å². The Morgan fingerprint density at radius 1 is 1.25 bits per heavy atom. The molecule has 3 unspecified atom stereocenters. The molecule has 0 spiro atoms. The number of carbonyl (C=O) groups excluding carboxylic acids is 1. The lowest BCUT2D eigenvalue weighted by atomic mass is 9.78. The number of carboxylic acid groups (broad SMARTS) is 1. The van der Waals surface area contributed by atoms with Gasteiger partial charge in [-0.05, 0) is 31.1 Å². The molecule has 0 bridgehead atoms. The van der Waals surface area contributed by atoms with Crippen LogP contribution in [0.25, 0.3) is 0 Å². The van der Waals surface area contributed by atoms with Crippen LogP contribution in [0.2, 0.25) is 0 Å². The fourth-order valence-corrected chi connectivity index (χ4v) is 3.05. The van der Waals surface area contributed by atoms with Gasteiger partial charge in [-0.2, -0.15) is 0 Å². The third-order valence-corrected chi connectivity index (χ3v) is 4.17. The Bertz CT molecular complexity index is 331. The molecule has 116 valence electrons. The Kier molecular flexibility index (Phi) is 6.82. The van der Waals surface area contributed by atoms with Crippen molar-refractivity contribution in [3.8, 4) is 0 Å². The van der Waals surface area contributed by atoms with Crippen molar-refractivity contribution in [2.75, 3.05) is 0 Å². The molecule has 0 aromatic rings. The van der Waals surface area contributed by atoms with Crippen molar-refractivity contribution >= 4 is 12.0 Å².